The third kappa shape index (κ3) is 3.76. The minimum absolute atomic E-state index is 0.0358. The second-order valence-electron chi connectivity index (χ2n) is 5.53. The minimum atomic E-state index is -0.473. The molecule has 0 spiro atoms. The van der Waals surface area contributed by atoms with Crippen LogP contribution in [-0.4, -0.2) is 24.8 Å². The van der Waals surface area contributed by atoms with Gasteiger partial charge in [-0.3, -0.25) is 0 Å². The largest absolute Gasteiger partial charge is 0.374 e. The fourth-order valence-corrected chi connectivity index (χ4v) is 2.74. The predicted molar refractivity (Wildman–Crippen MR) is 75.7 cm³/mol. The van der Waals surface area contributed by atoms with Crippen LogP contribution in [0, 0.1) is 11.6 Å². The van der Waals surface area contributed by atoms with Crippen molar-refractivity contribution in [2.24, 2.45) is 0 Å². The molecule has 1 aromatic carbocycles. The number of ether oxygens (including phenoxy) is 1. The number of rotatable bonds is 6. The van der Waals surface area contributed by atoms with Gasteiger partial charge in [0.15, 0.2) is 0 Å². The molecule has 1 N–H and O–H groups in total. The van der Waals surface area contributed by atoms with Gasteiger partial charge in [-0.2, -0.15) is 0 Å². The van der Waals surface area contributed by atoms with E-state index in [9.17, 15) is 8.78 Å². The lowest BCUT2D eigenvalue weighted by Crippen LogP contribution is -2.42. The Hall–Kier alpha value is -1.00. The van der Waals surface area contributed by atoms with E-state index in [1.54, 1.807) is 0 Å². The van der Waals surface area contributed by atoms with Crippen molar-refractivity contribution < 1.29 is 13.5 Å². The van der Waals surface area contributed by atoms with Gasteiger partial charge in [-0.1, -0.05) is 13.0 Å². The van der Waals surface area contributed by atoms with Gasteiger partial charge in [0.05, 0.1) is 12.2 Å². The summed E-state index contributed by atoms with van der Waals surface area (Å²) < 4.78 is 33.4. The molecule has 0 saturated carbocycles. The van der Waals surface area contributed by atoms with Crippen molar-refractivity contribution in [1.29, 1.82) is 0 Å². The van der Waals surface area contributed by atoms with E-state index < -0.39 is 11.6 Å². The third-order valence-electron chi connectivity index (χ3n) is 3.86. The smallest absolute Gasteiger partial charge is 0.129 e. The van der Waals surface area contributed by atoms with Crippen molar-refractivity contribution in [3.05, 3.63) is 35.4 Å². The molecule has 1 aliphatic heterocycles. The lowest BCUT2D eigenvalue weighted by molar-refractivity contribution is 0.0317. The number of hydrogen-bond donors (Lipinski definition) is 1. The summed E-state index contributed by atoms with van der Waals surface area (Å²) in [5.74, 6) is -0.946. The van der Waals surface area contributed by atoms with Crippen molar-refractivity contribution in [3.63, 3.8) is 0 Å². The summed E-state index contributed by atoms with van der Waals surface area (Å²) >= 11 is 0. The molecule has 3 unspecified atom stereocenters. The monoisotopic (exact) mass is 283 g/mol. The van der Waals surface area contributed by atoms with Crippen molar-refractivity contribution in [2.75, 3.05) is 6.54 Å². The molecule has 1 saturated heterocycles. The highest BCUT2D eigenvalue weighted by Gasteiger charge is 2.30. The van der Waals surface area contributed by atoms with Crippen LogP contribution in [0.4, 0.5) is 8.78 Å². The molecule has 0 aliphatic carbocycles. The molecular formula is C16H23F2NO. The summed E-state index contributed by atoms with van der Waals surface area (Å²) in [5.41, 5.74) is 0.157. The van der Waals surface area contributed by atoms with Crippen molar-refractivity contribution in [1.82, 2.24) is 5.32 Å². The fourth-order valence-electron chi connectivity index (χ4n) is 2.74. The fraction of sp³-hybridized carbons (Fsp3) is 0.625. The van der Waals surface area contributed by atoms with E-state index in [4.69, 9.17) is 4.74 Å². The van der Waals surface area contributed by atoms with Crippen LogP contribution >= 0.6 is 0 Å². The summed E-state index contributed by atoms with van der Waals surface area (Å²) in [4.78, 5) is 0. The van der Waals surface area contributed by atoms with Crippen LogP contribution in [0.5, 0.6) is 0 Å². The van der Waals surface area contributed by atoms with Crippen LogP contribution in [0.15, 0.2) is 18.2 Å². The average Bonchev–Trinajstić information content (AvgIpc) is 2.84. The molecule has 1 aromatic rings. The Kier molecular flexibility index (Phi) is 5.49. The van der Waals surface area contributed by atoms with Crippen LogP contribution in [0.3, 0.4) is 0 Å². The molecule has 1 fully saturated rings. The molecule has 2 rings (SSSR count). The second kappa shape index (κ2) is 7.14. The Balaban J connectivity index is 2.10. The van der Waals surface area contributed by atoms with E-state index in [1.165, 1.54) is 18.2 Å². The molecule has 20 heavy (non-hydrogen) atoms. The molecule has 0 radical (unpaired) electrons. The molecule has 3 atom stereocenters. The first-order valence-corrected chi connectivity index (χ1v) is 7.43. The molecule has 0 aromatic heterocycles. The Labute approximate surface area is 119 Å². The van der Waals surface area contributed by atoms with Gasteiger partial charge in [0, 0.05) is 11.6 Å². The lowest BCUT2D eigenvalue weighted by Gasteiger charge is -2.25. The highest BCUT2D eigenvalue weighted by Crippen LogP contribution is 2.25. The van der Waals surface area contributed by atoms with Gasteiger partial charge in [0.2, 0.25) is 0 Å². The van der Waals surface area contributed by atoms with Gasteiger partial charge >= 0.3 is 0 Å². The van der Waals surface area contributed by atoms with E-state index in [1.807, 2.05) is 6.92 Å². The summed E-state index contributed by atoms with van der Waals surface area (Å²) in [6, 6.07) is 3.99. The molecule has 4 heteroatoms. The molecule has 1 heterocycles. The van der Waals surface area contributed by atoms with E-state index in [0.717, 1.165) is 25.8 Å². The van der Waals surface area contributed by atoms with E-state index in [0.29, 0.717) is 6.42 Å². The summed E-state index contributed by atoms with van der Waals surface area (Å²) in [7, 11) is 0. The zero-order valence-electron chi connectivity index (χ0n) is 12.2. The van der Waals surface area contributed by atoms with Gasteiger partial charge in [0.1, 0.15) is 11.6 Å². The Morgan fingerprint density at radius 1 is 1.30 bits per heavy atom. The minimum Gasteiger partial charge on any atom is -0.374 e. The Morgan fingerprint density at radius 3 is 2.55 bits per heavy atom. The summed E-state index contributed by atoms with van der Waals surface area (Å²) in [5, 5.41) is 3.38. The molecular weight excluding hydrogens is 260 g/mol. The van der Waals surface area contributed by atoms with E-state index in [-0.39, 0.29) is 23.8 Å². The number of hydrogen-bond acceptors (Lipinski definition) is 2. The van der Waals surface area contributed by atoms with Crippen molar-refractivity contribution in [3.8, 4) is 0 Å². The van der Waals surface area contributed by atoms with E-state index >= 15 is 0 Å². The van der Waals surface area contributed by atoms with Crippen LogP contribution < -0.4 is 5.32 Å². The maximum atomic E-state index is 13.8. The number of nitrogens with one attached hydrogen (secondary N) is 1. The zero-order valence-corrected chi connectivity index (χ0v) is 12.2. The Morgan fingerprint density at radius 2 is 2.00 bits per heavy atom. The zero-order chi connectivity index (χ0) is 14.5. The van der Waals surface area contributed by atoms with Gasteiger partial charge in [-0.25, -0.2) is 8.78 Å². The normalized spacial score (nSPS) is 24.0. The van der Waals surface area contributed by atoms with Crippen LogP contribution in [0.1, 0.15) is 38.7 Å². The van der Waals surface area contributed by atoms with Gasteiger partial charge in [0.25, 0.3) is 0 Å². The van der Waals surface area contributed by atoms with Gasteiger partial charge < -0.3 is 10.1 Å². The lowest BCUT2D eigenvalue weighted by atomic mass is 9.98. The quantitative estimate of drug-likeness (QED) is 0.863. The van der Waals surface area contributed by atoms with Crippen molar-refractivity contribution in [2.45, 2.75) is 57.8 Å². The topological polar surface area (TPSA) is 21.3 Å². The van der Waals surface area contributed by atoms with Crippen LogP contribution in [0.25, 0.3) is 0 Å². The first-order valence-electron chi connectivity index (χ1n) is 7.43. The predicted octanol–water partition coefficient (Wildman–Crippen LogP) is 3.44. The summed E-state index contributed by atoms with van der Waals surface area (Å²) in [6.07, 6.45) is 3.54. The first-order chi connectivity index (χ1) is 9.61. The third-order valence-corrected chi connectivity index (χ3v) is 3.86. The number of halogens is 2. The molecule has 0 bridgehead atoms. The van der Waals surface area contributed by atoms with Crippen LogP contribution in [-0.2, 0) is 11.2 Å². The van der Waals surface area contributed by atoms with Crippen LogP contribution in [0.2, 0.25) is 0 Å². The second-order valence-corrected chi connectivity index (χ2v) is 5.53. The average molecular weight is 283 g/mol. The van der Waals surface area contributed by atoms with Crippen molar-refractivity contribution >= 4 is 0 Å². The molecule has 112 valence electrons. The van der Waals surface area contributed by atoms with Gasteiger partial charge in [-0.05, 0) is 51.3 Å². The maximum Gasteiger partial charge on any atom is 0.129 e. The highest BCUT2D eigenvalue weighted by atomic mass is 19.1. The molecule has 2 nitrogen and oxygen atoms in total. The molecule has 1 aliphatic rings. The van der Waals surface area contributed by atoms with E-state index in [2.05, 4.69) is 12.2 Å². The summed E-state index contributed by atoms with van der Waals surface area (Å²) in [6.45, 7) is 4.95. The Bertz CT molecular complexity index is 418. The van der Waals surface area contributed by atoms with Gasteiger partial charge in [-0.15, -0.1) is 0 Å². The molecule has 0 amide bonds. The maximum absolute atomic E-state index is 13.8. The number of benzene rings is 1. The standard InChI is InChI=1S/C16H23F2NO/c1-3-9-19-15(16-8-7-11(2)20-16)10-12-13(17)5-4-6-14(12)18/h4-6,11,15-16,19H,3,7-10H2,1-2H3. The first kappa shape index (κ1) is 15.4. The highest BCUT2D eigenvalue weighted by molar-refractivity contribution is 5.21. The SMILES string of the molecule is CCCNC(Cc1c(F)cccc1F)C1CCC(C)O1.